The first-order valence-corrected chi connectivity index (χ1v) is 9.69. The van der Waals surface area contributed by atoms with E-state index < -0.39 is 11.2 Å². The summed E-state index contributed by atoms with van der Waals surface area (Å²) < 4.78 is 13.5. The van der Waals surface area contributed by atoms with Gasteiger partial charge in [-0.3, -0.25) is 4.79 Å². The van der Waals surface area contributed by atoms with Crippen molar-refractivity contribution in [1.82, 2.24) is 19.2 Å². The van der Waals surface area contributed by atoms with Crippen molar-refractivity contribution in [3.05, 3.63) is 92.6 Å². The molecule has 1 aromatic heterocycles. The second kappa shape index (κ2) is 10.5. The first-order chi connectivity index (χ1) is 14.5. The first-order valence-electron chi connectivity index (χ1n) is 9.69. The number of rotatable bonds is 10. The van der Waals surface area contributed by atoms with Crippen molar-refractivity contribution in [2.45, 2.75) is 26.5 Å². The molecule has 2 aromatic carbocycles. The van der Waals surface area contributed by atoms with Gasteiger partial charge in [-0.15, -0.1) is 5.10 Å². The molecular weight excluding hydrogens is 384 g/mol. The normalized spacial score (nSPS) is 11.0. The molecule has 8 nitrogen and oxygen atoms in total. The lowest BCUT2D eigenvalue weighted by molar-refractivity contribution is 0.0555. The van der Waals surface area contributed by atoms with Crippen LogP contribution in [0.1, 0.15) is 11.1 Å². The van der Waals surface area contributed by atoms with E-state index in [1.54, 1.807) is 0 Å². The number of likely N-dealkylation sites (N-methyl/N-ethyl adjacent to an activating group) is 1. The zero-order valence-electron chi connectivity index (χ0n) is 17.2. The third kappa shape index (κ3) is 5.88. The minimum atomic E-state index is -0.606. The van der Waals surface area contributed by atoms with Gasteiger partial charge in [-0.1, -0.05) is 60.7 Å². The summed E-state index contributed by atoms with van der Waals surface area (Å²) in [6.45, 7) is 1.20. The molecule has 0 unspecified atom stereocenters. The van der Waals surface area contributed by atoms with Crippen LogP contribution in [-0.2, 0) is 31.2 Å². The van der Waals surface area contributed by atoms with Gasteiger partial charge in [0.05, 0.1) is 13.2 Å². The summed E-state index contributed by atoms with van der Waals surface area (Å²) >= 11 is 0. The van der Waals surface area contributed by atoms with Crippen LogP contribution in [0.15, 0.2) is 70.3 Å². The Bertz CT molecular complexity index is 1050. The van der Waals surface area contributed by atoms with Gasteiger partial charge < -0.3 is 14.4 Å². The van der Waals surface area contributed by atoms with E-state index in [4.69, 9.17) is 9.47 Å². The molecule has 0 amide bonds. The van der Waals surface area contributed by atoms with Gasteiger partial charge in [-0.25, -0.2) is 14.0 Å². The topological polar surface area (TPSA) is 78.6 Å². The summed E-state index contributed by atoms with van der Waals surface area (Å²) in [6.07, 6.45) is 0. The van der Waals surface area contributed by atoms with E-state index in [0.717, 1.165) is 15.7 Å². The van der Waals surface area contributed by atoms with Gasteiger partial charge in [0, 0.05) is 6.54 Å². The van der Waals surface area contributed by atoms with E-state index in [1.807, 2.05) is 79.7 Å². The van der Waals surface area contributed by atoms with Crippen LogP contribution in [0.3, 0.4) is 0 Å². The Labute approximate surface area is 174 Å². The van der Waals surface area contributed by atoms with Gasteiger partial charge in [-0.05, 0) is 25.2 Å². The van der Waals surface area contributed by atoms with Gasteiger partial charge in [0.2, 0.25) is 0 Å². The minimum Gasteiger partial charge on any atom is -0.468 e. The van der Waals surface area contributed by atoms with E-state index in [2.05, 4.69) is 5.10 Å². The van der Waals surface area contributed by atoms with E-state index in [0.29, 0.717) is 13.1 Å². The van der Waals surface area contributed by atoms with Crippen LogP contribution in [0.25, 0.3) is 0 Å². The Balaban J connectivity index is 1.81. The lowest BCUT2D eigenvalue weighted by Crippen LogP contribution is -2.43. The maximum absolute atomic E-state index is 12.8. The van der Waals surface area contributed by atoms with E-state index >= 15 is 0 Å². The lowest BCUT2D eigenvalue weighted by atomic mass is 10.2. The van der Waals surface area contributed by atoms with Gasteiger partial charge in [0.15, 0.2) is 0 Å². The summed E-state index contributed by atoms with van der Waals surface area (Å²) in [6, 6.07) is 19.0. The average molecular weight is 410 g/mol. The van der Waals surface area contributed by atoms with Crippen molar-refractivity contribution in [2.75, 3.05) is 20.6 Å². The van der Waals surface area contributed by atoms with Crippen LogP contribution in [0, 0.1) is 0 Å². The van der Waals surface area contributed by atoms with Crippen LogP contribution in [-0.4, -0.2) is 39.9 Å². The minimum absolute atomic E-state index is 0.125. The third-order valence-corrected chi connectivity index (χ3v) is 4.40. The van der Waals surface area contributed by atoms with Crippen molar-refractivity contribution in [3.63, 3.8) is 0 Å². The van der Waals surface area contributed by atoms with Crippen molar-refractivity contribution < 1.29 is 9.47 Å². The second-order valence-corrected chi connectivity index (χ2v) is 7.08. The van der Waals surface area contributed by atoms with Crippen LogP contribution in [0.5, 0.6) is 5.88 Å². The zero-order chi connectivity index (χ0) is 21.3. The van der Waals surface area contributed by atoms with Crippen LogP contribution in [0.4, 0.5) is 0 Å². The van der Waals surface area contributed by atoms with Gasteiger partial charge >= 0.3 is 11.2 Å². The fraction of sp³-hybridized carbons (Fsp3) is 0.318. The molecule has 8 heteroatoms. The smallest absolute Gasteiger partial charge is 0.349 e. The highest BCUT2D eigenvalue weighted by atomic mass is 16.5. The van der Waals surface area contributed by atoms with Crippen molar-refractivity contribution in [3.8, 4) is 5.88 Å². The lowest BCUT2D eigenvalue weighted by Gasteiger charge is -2.14. The van der Waals surface area contributed by atoms with Crippen LogP contribution in [0.2, 0.25) is 0 Å². The van der Waals surface area contributed by atoms with E-state index in [-0.39, 0.29) is 25.8 Å². The Kier molecular flexibility index (Phi) is 7.53. The molecule has 3 aromatic rings. The molecule has 0 aliphatic carbocycles. The molecule has 0 radical (unpaired) electrons. The highest BCUT2D eigenvalue weighted by Gasteiger charge is 2.15. The Morgan fingerprint density at radius 3 is 2.10 bits per heavy atom. The highest BCUT2D eigenvalue weighted by Crippen LogP contribution is 2.05. The molecule has 30 heavy (non-hydrogen) atoms. The van der Waals surface area contributed by atoms with Crippen LogP contribution < -0.4 is 16.0 Å². The van der Waals surface area contributed by atoms with Crippen molar-refractivity contribution in [2.24, 2.45) is 0 Å². The monoisotopic (exact) mass is 410 g/mol. The van der Waals surface area contributed by atoms with Gasteiger partial charge in [-0.2, -0.15) is 0 Å². The molecule has 1 heterocycles. The average Bonchev–Trinajstić information content (AvgIpc) is 2.76. The molecular formula is C22H26N4O4. The van der Waals surface area contributed by atoms with E-state index in [9.17, 15) is 9.59 Å². The molecule has 0 N–H and O–H groups in total. The summed E-state index contributed by atoms with van der Waals surface area (Å²) in [5.74, 6) is -0.125. The number of nitrogens with zero attached hydrogens (tertiary/aromatic N) is 4. The third-order valence-electron chi connectivity index (χ3n) is 4.40. The molecule has 0 aliphatic heterocycles. The second-order valence-electron chi connectivity index (χ2n) is 7.08. The number of hydrogen-bond acceptors (Lipinski definition) is 6. The highest BCUT2D eigenvalue weighted by molar-refractivity contribution is 5.15. The molecule has 0 saturated carbocycles. The number of benzene rings is 2. The van der Waals surface area contributed by atoms with E-state index in [1.165, 1.54) is 4.68 Å². The largest absolute Gasteiger partial charge is 0.468 e. The van der Waals surface area contributed by atoms with Crippen molar-refractivity contribution >= 4 is 0 Å². The maximum atomic E-state index is 12.8. The SMILES string of the molecule is CN(C)CCn1nc(OCc2ccccc2)c(=O)n(COCc2ccccc2)c1=O. The quantitative estimate of drug-likeness (QED) is 0.506. The maximum Gasteiger partial charge on any atom is 0.349 e. The molecule has 0 aliphatic rings. The first kappa shape index (κ1) is 21.5. The Hall–Kier alpha value is -3.23. The van der Waals surface area contributed by atoms with Crippen LogP contribution >= 0.6 is 0 Å². The molecule has 0 bridgehead atoms. The predicted molar refractivity (Wildman–Crippen MR) is 113 cm³/mol. The fourth-order valence-electron chi connectivity index (χ4n) is 2.74. The van der Waals surface area contributed by atoms with Gasteiger partial charge in [0.1, 0.15) is 13.3 Å². The molecule has 0 spiro atoms. The van der Waals surface area contributed by atoms with Crippen molar-refractivity contribution in [1.29, 1.82) is 0 Å². The Morgan fingerprint density at radius 1 is 0.900 bits per heavy atom. The molecule has 158 valence electrons. The number of ether oxygens (including phenoxy) is 2. The molecule has 0 atom stereocenters. The standard InChI is InChI=1S/C22H26N4O4/c1-24(2)13-14-26-22(28)25(17-29-15-18-9-5-3-6-10-18)21(27)20(23-26)30-16-19-11-7-4-8-12-19/h3-12H,13-17H2,1-2H3. The Morgan fingerprint density at radius 2 is 1.50 bits per heavy atom. The van der Waals surface area contributed by atoms with Gasteiger partial charge in [0.25, 0.3) is 5.88 Å². The fourth-order valence-corrected chi connectivity index (χ4v) is 2.74. The summed E-state index contributed by atoms with van der Waals surface area (Å²) in [5, 5.41) is 4.15. The summed E-state index contributed by atoms with van der Waals surface area (Å²) in [5.41, 5.74) is 0.719. The number of aromatic nitrogens is 3. The molecule has 0 fully saturated rings. The molecule has 3 rings (SSSR count). The summed E-state index contributed by atoms with van der Waals surface area (Å²) in [4.78, 5) is 27.5. The summed E-state index contributed by atoms with van der Waals surface area (Å²) in [7, 11) is 3.80. The zero-order valence-corrected chi connectivity index (χ0v) is 17.2. The molecule has 0 saturated heterocycles. The number of hydrogen-bond donors (Lipinski definition) is 0. The predicted octanol–water partition coefficient (Wildman–Crippen LogP) is 1.72.